The van der Waals surface area contributed by atoms with Crippen LogP contribution in [0.15, 0.2) is 68.5 Å². The van der Waals surface area contributed by atoms with Crippen molar-refractivity contribution in [1.82, 2.24) is 0 Å². The first kappa shape index (κ1) is 11.2. The molecule has 13 heavy (non-hydrogen) atoms. The van der Waals surface area contributed by atoms with Crippen LogP contribution in [0.25, 0.3) is 0 Å². The fourth-order valence-corrected chi connectivity index (χ4v) is 0.595. The summed E-state index contributed by atoms with van der Waals surface area (Å²) in [6.45, 7) is 10.2. The molecule has 1 aromatic rings. The zero-order valence-corrected chi connectivity index (χ0v) is 7.65. The second-order valence-electron chi connectivity index (χ2n) is 2.07. The van der Waals surface area contributed by atoms with Gasteiger partial charge < -0.3 is 4.74 Å². The highest BCUT2D eigenvalue weighted by Gasteiger charge is 1.82. The van der Waals surface area contributed by atoms with Gasteiger partial charge in [-0.05, 0) is 12.1 Å². The Morgan fingerprint density at radius 2 is 1.46 bits per heavy atom. The molecule has 0 spiro atoms. The SMILES string of the molecule is C=CC=C.C=COc1ccccc1. The number of hydrogen-bond donors (Lipinski definition) is 0. The molecule has 1 aromatic carbocycles. The van der Waals surface area contributed by atoms with Crippen molar-refractivity contribution in [2.75, 3.05) is 0 Å². The monoisotopic (exact) mass is 174 g/mol. The molecule has 0 aromatic heterocycles. The lowest BCUT2D eigenvalue weighted by Crippen LogP contribution is -1.76. The largest absolute Gasteiger partial charge is 0.466 e. The summed E-state index contributed by atoms with van der Waals surface area (Å²) in [4.78, 5) is 0. The Bertz CT molecular complexity index is 243. The third-order valence-electron chi connectivity index (χ3n) is 1.13. The normalized spacial score (nSPS) is 7.38. The van der Waals surface area contributed by atoms with Crippen LogP contribution >= 0.6 is 0 Å². The molecular weight excluding hydrogens is 160 g/mol. The zero-order valence-electron chi connectivity index (χ0n) is 7.65. The van der Waals surface area contributed by atoms with Gasteiger partial charge in [-0.25, -0.2) is 0 Å². The minimum absolute atomic E-state index is 0.826. The number of ether oxygens (including phenoxy) is 1. The lowest BCUT2D eigenvalue weighted by molar-refractivity contribution is 0.483. The summed E-state index contributed by atoms with van der Waals surface area (Å²) >= 11 is 0. The van der Waals surface area contributed by atoms with Crippen LogP contribution in [0.3, 0.4) is 0 Å². The predicted molar refractivity (Wildman–Crippen MR) is 57.7 cm³/mol. The lowest BCUT2D eigenvalue weighted by Gasteiger charge is -1.95. The second kappa shape index (κ2) is 8.34. The molecule has 0 heterocycles. The highest BCUT2D eigenvalue weighted by molar-refractivity contribution is 5.21. The first-order chi connectivity index (χ1) is 6.35. The highest BCUT2D eigenvalue weighted by atomic mass is 16.5. The van der Waals surface area contributed by atoms with Crippen LogP contribution < -0.4 is 4.74 Å². The molecule has 68 valence electrons. The molecule has 0 saturated heterocycles. The topological polar surface area (TPSA) is 9.23 Å². The maximum absolute atomic E-state index is 4.97. The summed E-state index contributed by atoms with van der Waals surface area (Å²) in [5.74, 6) is 0.826. The van der Waals surface area contributed by atoms with E-state index in [0.717, 1.165) is 5.75 Å². The van der Waals surface area contributed by atoms with Crippen molar-refractivity contribution in [3.8, 4) is 5.75 Å². The van der Waals surface area contributed by atoms with E-state index >= 15 is 0 Å². The molecule has 0 saturated carbocycles. The van der Waals surface area contributed by atoms with Gasteiger partial charge in [0.1, 0.15) is 5.75 Å². The summed E-state index contributed by atoms with van der Waals surface area (Å²) in [6.07, 6.45) is 4.69. The predicted octanol–water partition coefficient (Wildman–Crippen LogP) is 3.57. The van der Waals surface area contributed by atoms with Gasteiger partial charge >= 0.3 is 0 Å². The maximum atomic E-state index is 4.97. The van der Waals surface area contributed by atoms with Crippen molar-refractivity contribution in [1.29, 1.82) is 0 Å². The van der Waals surface area contributed by atoms with E-state index in [0.29, 0.717) is 0 Å². The average Bonchev–Trinajstić information content (AvgIpc) is 2.20. The Labute approximate surface area is 79.7 Å². The molecule has 0 amide bonds. The molecule has 0 radical (unpaired) electrons. The van der Waals surface area contributed by atoms with E-state index in [2.05, 4.69) is 19.7 Å². The number of allylic oxidation sites excluding steroid dienone is 2. The molecule has 0 aliphatic carbocycles. The summed E-state index contributed by atoms with van der Waals surface area (Å²) in [7, 11) is 0. The maximum Gasteiger partial charge on any atom is 0.126 e. The first-order valence-corrected chi connectivity index (χ1v) is 3.91. The smallest absolute Gasteiger partial charge is 0.126 e. The fraction of sp³-hybridized carbons (Fsp3) is 0. The minimum atomic E-state index is 0.826. The molecule has 1 heteroatoms. The minimum Gasteiger partial charge on any atom is -0.466 e. The molecule has 0 atom stereocenters. The third-order valence-corrected chi connectivity index (χ3v) is 1.13. The number of rotatable bonds is 3. The van der Waals surface area contributed by atoms with E-state index in [9.17, 15) is 0 Å². The van der Waals surface area contributed by atoms with Gasteiger partial charge in [-0.3, -0.25) is 0 Å². The van der Waals surface area contributed by atoms with Gasteiger partial charge in [0.05, 0.1) is 6.26 Å². The van der Waals surface area contributed by atoms with Crippen LogP contribution in [0.1, 0.15) is 0 Å². The van der Waals surface area contributed by atoms with Gasteiger partial charge in [-0.1, -0.05) is 50.1 Å². The Morgan fingerprint density at radius 1 is 0.923 bits per heavy atom. The van der Waals surface area contributed by atoms with E-state index in [1.165, 1.54) is 6.26 Å². The van der Waals surface area contributed by atoms with Crippen molar-refractivity contribution in [3.63, 3.8) is 0 Å². The Balaban J connectivity index is 0.000000310. The molecular formula is C12H14O. The lowest BCUT2D eigenvalue weighted by atomic mass is 10.3. The van der Waals surface area contributed by atoms with Crippen LogP contribution in [0.2, 0.25) is 0 Å². The molecule has 0 unspecified atom stereocenters. The molecule has 0 aliphatic heterocycles. The Morgan fingerprint density at radius 3 is 1.85 bits per heavy atom. The van der Waals surface area contributed by atoms with Crippen molar-refractivity contribution >= 4 is 0 Å². The number of para-hydroxylation sites is 1. The van der Waals surface area contributed by atoms with Crippen LogP contribution in [0.5, 0.6) is 5.75 Å². The molecule has 1 rings (SSSR count). The molecule has 0 N–H and O–H groups in total. The van der Waals surface area contributed by atoms with Crippen LogP contribution in [0, 0.1) is 0 Å². The summed E-state index contributed by atoms with van der Waals surface area (Å²) < 4.78 is 4.97. The quantitative estimate of drug-likeness (QED) is 0.503. The van der Waals surface area contributed by atoms with Gasteiger partial charge in [-0.15, -0.1) is 0 Å². The second-order valence-corrected chi connectivity index (χ2v) is 2.07. The van der Waals surface area contributed by atoms with Gasteiger partial charge in [0.2, 0.25) is 0 Å². The van der Waals surface area contributed by atoms with Crippen molar-refractivity contribution < 1.29 is 4.74 Å². The van der Waals surface area contributed by atoms with Gasteiger partial charge in [0, 0.05) is 0 Å². The van der Waals surface area contributed by atoms with Crippen molar-refractivity contribution in [3.05, 3.63) is 68.5 Å². The zero-order chi connectivity index (χ0) is 9.94. The van der Waals surface area contributed by atoms with Crippen molar-refractivity contribution in [2.45, 2.75) is 0 Å². The summed E-state index contributed by atoms with van der Waals surface area (Å²) in [5, 5.41) is 0. The van der Waals surface area contributed by atoms with E-state index in [4.69, 9.17) is 4.74 Å². The number of hydrogen-bond acceptors (Lipinski definition) is 1. The van der Waals surface area contributed by atoms with E-state index in [1.54, 1.807) is 12.2 Å². The first-order valence-electron chi connectivity index (χ1n) is 3.91. The summed E-state index contributed by atoms with van der Waals surface area (Å²) in [6, 6.07) is 9.52. The van der Waals surface area contributed by atoms with Gasteiger partial charge in [0.15, 0.2) is 0 Å². The van der Waals surface area contributed by atoms with Crippen LogP contribution in [-0.4, -0.2) is 0 Å². The van der Waals surface area contributed by atoms with E-state index in [1.807, 2.05) is 30.3 Å². The van der Waals surface area contributed by atoms with Crippen molar-refractivity contribution in [2.24, 2.45) is 0 Å². The highest BCUT2D eigenvalue weighted by Crippen LogP contribution is 2.07. The fourth-order valence-electron chi connectivity index (χ4n) is 0.595. The van der Waals surface area contributed by atoms with E-state index < -0.39 is 0 Å². The summed E-state index contributed by atoms with van der Waals surface area (Å²) in [5.41, 5.74) is 0. The third kappa shape index (κ3) is 6.63. The Kier molecular flexibility index (Phi) is 7.21. The van der Waals surface area contributed by atoms with Gasteiger partial charge in [0.25, 0.3) is 0 Å². The standard InChI is InChI=1S/C8H8O.C4H6/c1-2-9-8-6-4-3-5-7-8;1-3-4-2/h2-7H,1H2;3-4H,1-2H2. The average molecular weight is 174 g/mol. The van der Waals surface area contributed by atoms with Gasteiger partial charge in [-0.2, -0.15) is 0 Å². The molecule has 1 nitrogen and oxygen atoms in total. The van der Waals surface area contributed by atoms with Crippen LogP contribution in [0.4, 0.5) is 0 Å². The molecule has 0 fully saturated rings. The molecule has 0 bridgehead atoms. The molecule has 0 aliphatic rings. The van der Waals surface area contributed by atoms with E-state index in [-0.39, 0.29) is 0 Å². The van der Waals surface area contributed by atoms with Crippen LogP contribution in [-0.2, 0) is 0 Å². The number of benzene rings is 1. The Hall–Kier alpha value is -1.76.